The molecule has 0 aliphatic carbocycles. The number of aliphatic hydroxyl groups is 1. The SMILES string of the molecule is CCCn1c(CNCC(O)c2cccc(C)c2)nc2ccccc21. The number of hydrogen-bond acceptors (Lipinski definition) is 3. The maximum atomic E-state index is 10.3. The third-order valence-corrected chi connectivity index (χ3v) is 4.23. The van der Waals surface area contributed by atoms with Crippen molar-refractivity contribution in [3.63, 3.8) is 0 Å². The highest BCUT2D eigenvalue weighted by Gasteiger charge is 2.11. The van der Waals surface area contributed by atoms with Crippen LogP contribution in [0.4, 0.5) is 0 Å². The van der Waals surface area contributed by atoms with Gasteiger partial charge in [-0.1, -0.05) is 48.9 Å². The molecule has 126 valence electrons. The molecular formula is C20H25N3O. The van der Waals surface area contributed by atoms with Gasteiger partial charge in [-0.3, -0.25) is 0 Å². The lowest BCUT2D eigenvalue weighted by Crippen LogP contribution is -2.23. The van der Waals surface area contributed by atoms with Gasteiger partial charge in [0.05, 0.1) is 23.7 Å². The van der Waals surface area contributed by atoms with Crippen molar-refractivity contribution in [3.05, 3.63) is 65.5 Å². The first-order valence-corrected chi connectivity index (χ1v) is 8.58. The lowest BCUT2D eigenvalue weighted by molar-refractivity contribution is 0.174. The Balaban J connectivity index is 1.68. The molecule has 2 aromatic carbocycles. The first-order chi connectivity index (χ1) is 11.7. The minimum Gasteiger partial charge on any atom is -0.387 e. The maximum Gasteiger partial charge on any atom is 0.123 e. The molecule has 0 amide bonds. The second-order valence-electron chi connectivity index (χ2n) is 6.23. The topological polar surface area (TPSA) is 50.1 Å². The highest BCUT2D eigenvalue weighted by atomic mass is 16.3. The van der Waals surface area contributed by atoms with E-state index in [0.29, 0.717) is 13.1 Å². The number of aryl methyl sites for hydroxylation is 2. The van der Waals surface area contributed by atoms with E-state index in [0.717, 1.165) is 35.4 Å². The van der Waals surface area contributed by atoms with Gasteiger partial charge in [0.1, 0.15) is 5.82 Å². The maximum absolute atomic E-state index is 10.3. The van der Waals surface area contributed by atoms with Gasteiger partial charge in [-0.2, -0.15) is 0 Å². The average Bonchev–Trinajstić information content (AvgIpc) is 2.93. The summed E-state index contributed by atoms with van der Waals surface area (Å²) >= 11 is 0. The standard InChI is InChI=1S/C20H25N3O/c1-3-11-23-18-10-5-4-9-17(18)22-20(23)14-21-13-19(24)16-8-6-7-15(2)12-16/h4-10,12,19,21,24H,3,11,13-14H2,1-2H3. The van der Waals surface area contributed by atoms with Crippen molar-refractivity contribution < 1.29 is 5.11 Å². The van der Waals surface area contributed by atoms with Gasteiger partial charge in [-0.05, 0) is 31.0 Å². The summed E-state index contributed by atoms with van der Waals surface area (Å²) < 4.78 is 2.27. The first kappa shape index (κ1) is 16.7. The van der Waals surface area contributed by atoms with Gasteiger partial charge >= 0.3 is 0 Å². The van der Waals surface area contributed by atoms with Gasteiger partial charge in [0.2, 0.25) is 0 Å². The second kappa shape index (κ2) is 7.60. The summed E-state index contributed by atoms with van der Waals surface area (Å²) in [6.07, 6.45) is 0.563. The first-order valence-electron chi connectivity index (χ1n) is 8.58. The number of hydrogen-bond donors (Lipinski definition) is 2. The molecule has 3 rings (SSSR count). The average molecular weight is 323 g/mol. The molecule has 1 heterocycles. The van der Waals surface area contributed by atoms with Crippen molar-refractivity contribution >= 4 is 11.0 Å². The van der Waals surface area contributed by atoms with Crippen LogP contribution in [0.5, 0.6) is 0 Å². The molecule has 0 fully saturated rings. The molecule has 2 N–H and O–H groups in total. The largest absolute Gasteiger partial charge is 0.387 e. The van der Waals surface area contributed by atoms with Crippen LogP contribution in [0.2, 0.25) is 0 Å². The van der Waals surface area contributed by atoms with Gasteiger partial charge in [-0.25, -0.2) is 4.98 Å². The molecule has 4 heteroatoms. The summed E-state index contributed by atoms with van der Waals surface area (Å²) in [7, 11) is 0. The predicted molar refractivity (Wildman–Crippen MR) is 97.9 cm³/mol. The van der Waals surface area contributed by atoms with E-state index in [2.05, 4.69) is 28.9 Å². The van der Waals surface area contributed by atoms with Gasteiger partial charge in [0.15, 0.2) is 0 Å². The summed E-state index contributed by atoms with van der Waals surface area (Å²) in [5, 5.41) is 13.7. The molecule has 0 radical (unpaired) electrons. The molecule has 0 spiro atoms. The Morgan fingerprint density at radius 1 is 1.17 bits per heavy atom. The van der Waals surface area contributed by atoms with Gasteiger partial charge in [0, 0.05) is 13.1 Å². The fraction of sp³-hybridized carbons (Fsp3) is 0.350. The van der Waals surface area contributed by atoms with E-state index < -0.39 is 6.10 Å². The smallest absolute Gasteiger partial charge is 0.123 e. The van der Waals surface area contributed by atoms with E-state index in [-0.39, 0.29) is 0 Å². The molecule has 0 saturated carbocycles. The van der Waals surface area contributed by atoms with E-state index in [1.807, 2.05) is 43.3 Å². The Bertz CT molecular complexity index is 810. The molecule has 0 saturated heterocycles. The summed E-state index contributed by atoms with van der Waals surface area (Å²) in [6.45, 7) is 6.33. The summed E-state index contributed by atoms with van der Waals surface area (Å²) in [5.74, 6) is 1.02. The molecule has 3 aromatic rings. The Labute approximate surface area is 143 Å². The number of aromatic nitrogens is 2. The normalized spacial score (nSPS) is 12.6. The van der Waals surface area contributed by atoms with Crippen LogP contribution in [0, 0.1) is 6.92 Å². The fourth-order valence-electron chi connectivity index (χ4n) is 3.05. The Hall–Kier alpha value is -2.17. The second-order valence-corrected chi connectivity index (χ2v) is 6.23. The molecule has 24 heavy (non-hydrogen) atoms. The van der Waals surface area contributed by atoms with Crippen LogP contribution in [0.25, 0.3) is 11.0 Å². The third kappa shape index (κ3) is 3.66. The number of para-hydroxylation sites is 2. The highest BCUT2D eigenvalue weighted by molar-refractivity contribution is 5.75. The lowest BCUT2D eigenvalue weighted by Gasteiger charge is -2.13. The fourth-order valence-corrected chi connectivity index (χ4v) is 3.05. The molecule has 1 aromatic heterocycles. The van der Waals surface area contributed by atoms with E-state index in [1.54, 1.807) is 0 Å². The van der Waals surface area contributed by atoms with E-state index >= 15 is 0 Å². The number of imidazole rings is 1. The molecule has 1 atom stereocenters. The molecular weight excluding hydrogens is 298 g/mol. The van der Waals surface area contributed by atoms with Crippen LogP contribution >= 0.6 is 0 Å². The third-order valence-electron chi connectivity index (χ3n) is 4.23. The number of aliphatic hydroxyl groups excluding tert-OH is 1. The molecule has 0 aliphatic heterocycles. The molecule has 0 aliphatic rings. The van der Waals surface area contributed by atoms with Crippen molar-refractivity contribution in [3.8, 4) is 0 Å². The number of fused-ring (bicyclic) bond motifs is 1. The van der Waals surface area contributed by atoms with Crippen LogP contribution in [0.1, 0.15) is 36.4 Å². The minimum absolute atomic E-state index is 0.506. The molecule has 0 bridgehead atoms. The predicted octanol–water partition coefficient (Wildman–Crippen LogP) is 3.58. The van der Waals surface area contributed by atoms with Crippen molar-refractivity contribution in [1.29, 1.82) is 0 Å². The van der Waals surface area contributed by atoms with E-state index in [4.69, 9.17) is 4.98 Å². The highest BCUT2D eigenvalue weighted by Crippen LogP contribution is 2.17. The monoisotopic (exact) mass is 323 g/mol. The van der Waals surface area contributed by atoms with Crippen LogP contribution in [0.15, 0.2) is 48.5 Å². The number of rotatable bonds is 7. The number of nitrogens with one attached hydrogen (secondary N) is 1. The minimum atomic E-state index is -0.506. The van der Waals surface area contributed by atoms with Crippen LogP contribution in [-0.4, -0.2) is 21.2 Å². The van der Waals surface area contributed by atoms with Gasteiger partial charge < -0.3 is 15.0 Å². The molecule has 1 unspecified atom stereocenters. The summed E-state index contributed by atoms with van der Waals surface area (Å²) in [6, 6.07) is 16.2. The zero-order valence-electron chi connectivity index (χ0n) is 14.4. The number of nitrogens with zero attached hydrogens (tertiary/aromatic N) is 2. The van der Waals surface area contributed by atoms with Crippen LogP contribution < -0.4 is 5.32 Å². The Morgan fingerprint density at radius 2 is 2.00 bits per heavy atom. The summed E-state index contributed by atoms with van der Waals surface area (Å²) in [5.41, 5.74) is 4.32. The van der Waals surface area contributed by atoms with E-state index in [1.165, 1.54) is 5.52 Å². The Morgan fingerprint density at radius 3 is 2.79 bits per heavy atom. The zero-order valence-corrected chi connectivity index (χ0v) is 14.4. The Kier molecular flexibility index (Phi) is 5.28. The zero-order chi connectivity index (χ0) is 16.9. The molecule has 4 nitrogen and oxygen atoms in total. The summed E-state index contributed by atoms with van der Waals surface area (Å²) in [4.78, 5) is 4.73. The van der Waals surface area contributed by atoms with Gasteiger partial charge in [0.25, 0.3) is 0 Å². The quantitative estimate of drug-likeness (QED) is 0.699. The van der Waals surface area contributed by atoms with Crippen molar-refractivity contribution in [2.45, 2.75) is 39.5 Å². The van der Waals surface area contributed by atoms with E-state index in [9.17, 15) is 5.11 Å². The van der Waals surface area contributed by atoms with Crippen molar-refractivity contribution in [2.75, 3.05) is 6.54 Å². The number of benzene rings is 2. The van der Waals surface area contributed by atoms with Crippen LogP contribution in [0.3, 0.4) is 0 Å². The van der Waals surface area contributed by atoms with Crippen LogP contribution in [-0.2, 0) is 13.1 Å². The lowest BCUT2D eigenvalue weighted by atomic mass is 10.1. The van der Waals surface area contributed by atoms with Crippen molar-refractivity contribution in [1.82, 2.24) is 14.9 Å². The van der Waals surface area contributed by atoms with Crippen molar-refractivity contribution in [2.24, 2.45) is 0 Å². The van der Waals surface area contributed by atoms with Gasteiger partial charge in [-0.15, -0.1) is 0 Å².